The van der Waals surface area contributed by atoms with Crippen LogP contribution in [0.2, 0.25) is 0 Å². The molecule has 0 radical (unpaired) electrons. The van der Waals surface area contributed by atoms with Crippen LogP contribution in [0.3, 0.4) is 0 Å². The maximum Gasteiger partial charge on any atom is 0.160 e. The van der Waals surface area contributed by atoms with E-state index in [4.69, 9.17) is 9.97 Å². The molecule has 1 fully saturated rings. The Morgan fingerprint density at radius 1 is 0.519 bits per heavy atom. The number of hydrogen-bond acceptors (Lipinski definition) is 3. The van der Waals surface area contributed by atoms with Crippen LogP contribution in [0.4, 0.5) is 0 Å². The van der Waals surface area contributed by atoms with E-state index in [1.54, 1.807) is 16.9 Å². The molecule has 0 aliphatic heterocycles. The topological polar surface area (TPSA) is 25.8 Å². The Morgan fingerprint density at radius 2 is 1.21 bits per heavy atom. The van der Waals surface area contributed by atoms with Crippen molar-refractivity contribution < 1.29 is 0 Å². The summed E-state index contributed by atoms with van der Waals surface area (Å²) in [6, 6.07) is 49.6. The van der Waals surface area contributed by atoms with E-state index in [1.165, 1.54) is 92.3 Å². The van der Waals surface area contributed by atoms with E-state index in [0.29, 0.717) is 0 Å². The van der Waals surface area contributed by atoms with Crippen LogP contribution in [0.1, 0.15) is 68.2 Å². The third-order valence-corrected chi connectivity index (χ3v) is 13.7. The van der Waals surface area contributed by atoms with Gasteiger partial charge in [0.25, 0.3) is 0 Å². The van der Waals surface area contributed by atoms with Gasteiger partial charge in [-0.1, -0.05) is 148 Å². The van der Waals surface area contributed by atoms with Gasteiger partial charge in [-0.25, -0.2) is 9.97 Å². The first-order valence-corrected chi connectivity index (χ1v) is 19.6. The van der Waals surface area contributed by atoms with Gasteiger partial charge in [-0.3, -0.25) is 0 Å². The molecule has 1 saturated carbocycles. The largest absolute Gasteiger partial charge is 0.226 e. The highest BCUT2D eigenvalue weighted by Crippen LogP contribution is 2.61. The molecule has 0 N–H and O–H groups in total. The lowest BCUT2D eigenvalue weighted by Gasteiger charge is -2.36. The fraction of sp³-hybridized carbons (Fsp3) is 0.184. The quantitative estimate of drug-likeness (QED) is 0.185. The van der Waals surface area contributed by atoms with Gasteiger partial charge in [-0.05, 0) is 86.7 Å². The number of aromatic nitrogens is 2. The Labute approximate surface area is 308 Å². The SMILES string of the molecule is CC1(C)c2ccccc2-c2cc3c(cc21)-c1c(-c2ccc(-c4nc(-c5ccccc5)nc5c4sc4ccccc45)cc2)cccc1C31CCCCC1. The van der Waals surface area contributed by atoms with Gasteiger partial charge < -0.3 is 0 Å². The maximum atomic E-state index is 5.25. The van der Waals surface area contributed by atoms with Crippen molar-refractivity contribution in [2.24, 2.45) is 0 Å². The number of benzene rings is 6. The lowest BCUT2D eigenvalue weighted by Crippen LogP contribution is -2.28. The summed E-state index contributed by atoms with van der Waals surface area (Å²) < 4.78 is 2.38. The van der Waals surface area contributed by atoms with Gasteiger partial charge in [0.15, 0.2) is 5.82 Å². The molecule has 0 bridgehead atoms. The zero-order chi connectivity index (χ0) is 34.6. The predicted octanol–water partition coefficient (Wildman–Crippen LogP) is 13.4. The van der Waals surface area contributed by atoms with Crippen molar-refractivity contribution in [1.82, 2.24) is 9.97 Å². The standard InChI is InChI=1S/C49H38N2S/c1-48(2)38-19-9-7-16-34(38)36-28-41-37(29-40(36)48)43-33(18-13-20-39(43)49(41)26-11-4-12-27-49)30-22-24-31(25-23-30)44-46-45(35-17-8-10-21-42(35)52-46)51-47(50-44)32-14-5-3-6-15-32/h3,5-10,13-25,28-29H,4,11-12,26-27H2,1-2H3. The summed E-state index contributed by atoms with van der Waals surface area (Å²) in [5, 5.41) is 1.19. The summed E-state index contributed by atoms with van der Waals surface area (Å²) in [5.41, 5.74) is 18.6. The summed E-state index contributed by atoms with van der Waals surface area (Å²) in [4.78, 5) is 10.4. The van der Waals surface area contributed by atoms with Crippen molar-refractivity contribution in [2.45, 2.75) is 56.8 Å². The lowest BCUT2D eigenvalue weighted by molar-refractivity contribution is 0.353. The van der Waals surface area contributed by atoms with E-state index in [9.17, 15) is 0 Å². The second-order valence-corrected chi connectivity index (χ2v) is 16.7. The first-order valence-electron chi connectivity index (χ1n) is 18.8. The molecule has 8 aromatic rings. The average molecular weight is 687 g/mol. The van der Waals surface area contributed by atoms with Crippen LogP contribution in [0.5, 0.6) is 0 Å². The molecule has 250 valence electrons. The predicted molar refractivity (Wildman–Crippen MR) is 218 cm³/mol. The minimum atomic E-state index is -0.0336. The molecule has 6 aromatic carbocycles. The summed E-state index contributed by atoms with van der Waals surface area (Å²) in [7, 11) is 0. The molecule has 0 saturated heterocycles. The average Bonchev–Trinajstić information content (AvgIpc) is 3.78. The molecule has 2 aromatic heterocycles. The Morgan fingerprint density at radius 3 is 2.06 bits per heavy atom. The molecule has 3 aliphatic rings. The number of rotatable bonds is 3. The molecule has 0 atom stereocenters. The van der Waals surface area contributed by atoms with Crippen LogP contribution in [0.15, 0.2) is 133 Å². The zero-order valence-electron chi connectivity index (χ0n) is 29.5. The van der Waals surface area contributed by atoms with Gasteiger partial charge in [0, 0.05) is 32.0 Å². The van der Waals surface area contributed by atoms with Gasteiger partial charge in [-0.2, -0.15) is 0 Å². The lowest BCUT2D eigenvalue weighted by atomic mass is 9.67. The summed E-state index contributed by atoms with van der Waals surface area (Å²) in [5.74, 6) is 0.767. The maximum absolute atomic E-state index is 5.25. The minimum Gasteiger partial charge on any atom is -0.226 e. The van der Waals surface area contributed by atoms with Crippen molar-refractivity contribution in [3.63, 3.8) is 0 Å². The number of thiophene rings is 1. The number of hydrogen-bond donors (Lipinski definition) is 0. The van der Waals surface area contributed by atoms with E-state index in [0.717, 1.165) is 32.9 Å². The first kappa shape index (κ1) is 30.3. The highest BCUT2D eigenvalue weighted by atomic mass is 32.1. The molecule has 3 heteroatoms. The van der Waals surface area contributed by atoms with Crippen molar-refractivity contribution in [3.05, 3.63) is 156 Å². The minimum absolute atomic E-state index is 0.0336. The van der Waals surface area contributed by atoms with Crippen molar-refractivity contribution >= 4 is 31.6 Å². The first-order chi connectivity index (χ1) is 25.5. The smallest absolute Gasteiger partial charge is 0.160 e. The second kappa shape index (κ2) is 11.1. The van der Waals surface area contributed by atoms with Crippen LogP contribution in [-0.2, 0) is 10.8 Å². The second-order valence-electron chi connectivity index (χ2n) is 15.6. The Balaban J connectivity index is 1.09. The Hall–Kier alpha value is -5.38. The zero-order valence-corrected chi connectivity index (χ0v) is 30.4. The fourth-order valence-corrected chi connectivity index (χ4v) is 11.1. The van der Waals surface area contributed by atoms with Crippen molar-refractivity contribution in [2.75, 3.05) is 0 Å². The summed E-state index contributed by atoms with van der Waals surface area (Å²) in [6.07, 6.45) is 6.35. The molecule has 52 heavy (non-hydrogen) atoms. The molecule has 1 spiro atoms. The molecule has 0 unspecified atom stereocenters. The summed E-state index contributed by atoms with van der Waals surface area (Å²) >= 11 is 1.79. The highest BCUT2D eigenvalue weighted by Gasteiger charge is 2.47. The van der Waals surface area contributed by atoms with Gasteiger partial charge in [0.05, 0.1) is 15.9 Å². The fourth-order valence-electron chi connectivity index (χ4n) is 9.98. The van der Waals surface area contributed by atoms with Crippen LogP contribution in [-0.4, -0.2) is 9.97 Å². The molecule has 0 amide bonds. The molecule has 2 heterocycles. The Bertz CT molecular complexity index is 2730. The van der Waals surface area contributed by atoms with E-state index < -0.39 is 0 Å². The molecule has 2 nitrogen and oxygen atoms in total. The van der Waals surface area contributed by atoms with Crippen LogP contribution < -0.4 is 0 Å². The third-order valence-electron chi connectivity index (χ3n) is 12.5. The van der Waals surface area contributed by atoms with E-state index in [2.05, 4.69) is 141 Å². The normalized spacial score (nSPS) is 16.2. The number of fused-ring (bicyclic) bond motifs is 11. The molecule has 11 rings (SSSR count). The third kappa shape index (κ3) is 4.17. The molecular weight excluding hydrogens is 649 g/mol. The molecular formula is C49H38N2S. The van der Waals surface area contributed by atoms with Gasteiger partial charge in [0.1, 0.15) is 0 Å². The van der Waals surface area contributed by atoms with Gasteiger partial charge >= 0.3 is 0 Å². The van der Waals surface area contributed by atoms with Gasteiger partial charge in [0.2, 0.25) is 0 Å². The van der Waals surface area contributed by atoms with E-state index in [-0.39, 0.29) is 10.8 Å². The van der Waals surface area contributed by atoms with Gasteiger partial charge in [-0.15, -0.1) is 11.3 Å². The van der Waals surface area contributed by atoms with Crippen LogP contribution >= 0.6 is 11.3 Å². The monoisotopic (exact) mass is 686 g/mol. The van der Waals surface area contributed by atoms with E-state index in [1.807, 2.05) is 6.07 Å². The van der Waals surface area contributed by atoms with E-state index >= 15 is 0 Å². The molecule has 3 aliphatic carbocycles. The van der Waals surface area contributed by atoms with Crippen LogP contribution in [0, 0.1) is 0 Å². The van der Waals surface area contributed by atoms with Crippen molar-refractivity contribution in [1.29, 1.82) is 0 Å². The summed E-state index contributed by atoms with van der Waals surface area (Å²) in [6.45, 7) is 4.82. The number of nitrogens with zero attached hydrogens (tertiary/aromatic N) is 2. The van der Waals surface area contributed by atoms with Crippen molar-refractivity contribution in [3.8, 4) is 56.0 Å². The highest BCUT2D eigenvalue weighted by molar-refractivity contribution is 7.26. The van der Waals surface area contributed by atoms with Crippen LogP contribution in [0.25, 0.3) is 76.3 Å². The Kier molecular flexibility index (Phi) is 6.44.